The van der Waals surface area contributed by atoms with Gasteiger partial charge >= 0.3 is 5.82 Å². The number of amides is 1. The summed E-state index contributed by atoms with van der Waals surface area (Å²) in [5, 5.41) is 21.2. The number of aromatic nitrogens is 4. The lowest BCUT2D eigenvalue weighted by Crippen LogP contribution is -2.26. The molecule has 0 bridgehead atoms. The van der Waals surface area contributed by atoms with Gasteiger partial charge in [0, 0.05) is 25.7 Å². The quantitative estimate of drug-likeness (QED) is 0.443. The second-order valence-electron chi connectivity index (χ2n) is 4.93. The summed E-state index contributed by atoms with van der Waals surface area (Å²) >= 11 is 0. The van der Waals surface area contributed by atoms with Crippen molar-refractivity contribution >= 4 is 11.7 Å². The number of carbonyl (C=O) groups excluding carboxylic acids is 1. The zero-order chi connectivity index (χ0) is 15.9. The molecule has 0 saturated heterocycles. The van der Waals surface area contributed by atoms with E-state index in [-0.39, 0.29) is 18.1 Å². The fourth-order valence-corrected chi connectivity index (χ4v) is 1.94. The first-order valence-electron chi connectivity index (χ1n) is 6.98. The van der Waals surface area contributed by atoms with E-state index in [1.807, 2.05) is 17.8 Å². The van der Waals surface area contributed by atoms with Crippen LogP contribution in [0, 0.1) is 17.0 Å². The third-order valence-corrected chi connectivity index (χ3v) is 3.03. The van der Waals surface area contributed by atoms with E-state index in [4.69, 9.17) is 0 Å². The van der Waals surface area contributed by atoms with Crippen LogP contribution in [0.25, 0.3) is 0 Å². The predicted molar refractivity (Wildman–Crippen MR) is 78.1 cm³/mol. The maximum atomic E-state index is 11.7. The van der Waals surface area contributed by atoms with Gasteiger partial charge in [-0.25, -0.2) is 0 Å². The second-order valence-corrected chi connectivity index (χ2v) is 4.93. The minimum absolute atomic E-state index is 0.102. The van der Waals surface area contributed by atoms with Crippen LogP contribution in [0.4, 0.5) is 5.82 Å². The molecule has 1 amide bonds. The Hall–Kier alpha value is -2.71. The highest BCUT2D eigenvalue weighted by atomic mass is 16.6. The Morgan fingerprint density at radius 1 is 1.41 bits per heavy atom. The summed E-state index contributed by atoms with van der Waals surface area (Å²) in [6, 6.07) is 1.31. The minimum Gasteiger partial charge on any atom is -0.358 e. The Morgan fingerprint density at radius 2 is 2.23 bits per heavy atom. The lowest BCUT2D eigenvalue weighted by atomic mass is 10.3. The molecule has 9 nitrogen and oxygen atoms in total. The van der Waals surface area contributed by atoms with Crippen LogP contribution >= 0.6 is 0 Å². The summed E-state index contributed by atoms with van der Waals surface area (Å²) in [5.74, 6) is -0.315. The van der Waals surface area contributed by atoms with Crippen LogP contribution in [0.3, 0.4) is 0 Å². The predicted octanol–water partition coefficient (Wildman–Crippen LogP) is 0.893. The van der Waals surface area contributed by atoms with Crippen molar-refractivity contribution in [3.63, 3.8) is 0 Å². The van der Waals surface area contributed by atoms with Crippen LogP contribution in [0.2, 0.25) is 0 Å². The van der Waals surface area contributed by atoms with Gasteiger partial charge in [-0.1, -0.05) is 0 Å². The topological polar surface area (TPSA) is 108 Å². The van der Waals surface area contributed by atoms with Crippen molar-refractivity contribution in [1.82, 2.24) is 24.9 Å². The van der Waals surface area contributed by atoms with Crippen LogP contribution < -0.4 is 5.32 Å². The smallest absolute Gasteiger partial charge is 0.358 e. The average Bonchev–Trinajstić information content (AvgIpc) is 3.10. The Bertz CT molecular complexity index is 648. The van der Waals surface area contributed by atoms with E-state index >= 15 is 0 Å². The summed E-state index contributed by atoms with van der Waals surface area (Å²) in [6.07, 6.45) is 6.26. The number of hydrogen-bond acceptors (Lipinski definition) is 5. The molecule has 0 atom stereocenters. The summed E-state index contributed by atoms with van der Waals surface area (Å²) < 4.78 is 3.23. The van der Waals surface area contributed by atoms with Gasteiger partial charge in [0.25, 0.3) is 0 Å². The number of rotatable bonds is 8. The fourth-order valence-electron chi connectivity index (χ4n) is 1.94. The summed E-state index contributed by atoms with van der Waals surface area (Å²) in [4.78, 5) is 21.6. The lowest BCUT2D eigenvalue weighted by Gasteiger charge is -2.04. The van der Waals surface area contributed by atoms with Crippen LogP contribution in [0.15, 0.2) is 24.7 Å². The third kappa shape index (κ3) is 4.69. The molecule has 2 aromatic rings. The van der Waals surface area contributed by atoms with Crippen LogP contribution in [-0.2, 0) is 17.9 Å². The van der Waals surface area contributed by atoms with E-state index in [9.17, 15) is 14.9 Å². The Kier molecular flexibility index (Phi) is 5.23. The molecule has 9 heteroatoms. The van der Waals surface area contributed by atoms with Crippen molar-refractivity contribution in [2.45, 2.75) is 32.9 Å². The number of aryl methyl sites for hydroxylation is 3. The Morgan fingerprint density at radius 3 is 2.86 bits per heavy atom. The van der Waals surface area contributed by atoms with Crippen LogP contribution in [0.1, 0.15) is 18.4 Å². The summed E-state index contributed by atoms with van der Waals surface area (Å²) in [6.45, 7) is 3.61. The standard InChI is InChI=1S/C13H18N6O3/c1-11-9-15-18(10-11)6-2-5-14-13(20)4-8-17-7-3-12(16-17)19(21)22/h3,7,9-10H,2,4-6,8H2,1H3,(H,14,20). The molecule has 0 aliphatic rings. The SMILES string of the molecule is Cc1cnn(CCCNC(=O)CCn2ccc([N+](=O)[O-])n2)c1. The van der Waals surface area contributed by atoms with Gasteiger partial charge in [-0.3, -0.25) is 9.48 Å². The maximum absolute atomic E-state index is 11.7. The molecular formula is C13H18N6O3. The summed E-state index contributed by atoms with van der Waals surface area (Å²) in [5.41, 5.74) is 1.11. The second kappa shape index (κ2) is 7.34. The highest BCUT2D eigenvalue weighted by molar-refractivity contribution is 5.75. The minimum atomic E-state index is -0.562. The number of nitrogens with zero attached hydrogens (tertiary/aromatic N) is 5. The Labute approximate surface area is 127 Å². The van der Waals surface area contributed by atoms with Crippen molar-refractivity contribution in [1.29, 1.82) is 0 Å². The number of nitro groups is 1. The molecule has 2 rings (SSSR count). The van der Waals surface area contributed by atoms with Gasteiger partial charge in [0.05, 0.1) is 30.1 Å². The first kappa shape index (κ1) is 15.7. The van der Waals surface area contributed by atoms with Gasteiger partial charge in [-0.05, 0) is 23.8 Å². The maximum Gasteiger partial charge on any atom is 0.389 e. The van der Waals surface area contributed by atoms with Crippen LogP contribution in [0.5, 0.6) is 0 Å². The number of carbonyl (C=O) groups is 1. The van der Waals surface area contributed by atoms with Crippen molar-refractivity contribution < 1.29 is 9.72 Å². The van der Waals surface area contributed by atoms with Gasteiger partial charge in [0.15, 0.2) is 0 Å². The van der Waals surface area contributed by atoms with Gasteiger partial charge in [-0.2, -0.15) is 9.78 Å². The molecule has 2 heterocycles. The molecule has 0 radical (unpaired) electrons. The zero-order valence-corrected chi connectivity index (χ0v) is 12.3. The number of hydrogen-bond donors (Lipinski definition) is 1. The van der Waals surface area contributed by atoms with Crippen molar-refractivity contribution in [3.8, 4) is 0 Å². The van der Waals surface area contributed by atoms with Gasteiger partial charge in [-0.15, -0.1) is 0 Å². The molecule has 118 valence electrons. The molecule has 0 spiro atoms. The van der Waals surface area contributed by atoms with E-state index < -0.39 is 4.92 Å². The van der Waals surface area contributed by atoms with Gasteiger partial charge in [0.1, 0.15) is 0 Å². The van der Waals surface area contributed by atoms with E-state index in [0.717, 1.165) is 18.5 Å². The molecule has 0 aromatic carbocycles. The van der Waals surface area contributed by atoms with E-state index in [1.165, 1.54) is 16.9 Å². The average molecular weight is 306 g/mol. The molecule has 22 heavy (non-hydrogen) atoms. The van der Waals surface area contributed by atoms with Gasteiger partial charge in [0.2, 0.25) is 5.91 Å². The van der Waals surface area contributed by atoms with E-state index in [2.05, 4.69) is 15.5 Å². The molecule has 0 saturated carbocycles. The van der Waals surface area contributed by atoms with E-state index in [0.29, 0.717) is 13.1 Å². The highest BCUT2D eigenvalue weighted by Crippen LogP contribution is 2.05. The van der Waals surface area contributed by atoms with Gasteiger partial charge < -0.3 is 15.4 Å². The third-order valence-electron chi connectivity index (χ3n) is 3.03. The van der Waals surface area contributed by atoms with Crippen molar-refractivity contribution in [3.05, 3.63) is 40.3 Å². The number of nitrogens with one attached hydrogen (secondary N) is 1. The molecule has 0 unspecified atom stereocenters. The van der Waals surface area contributed by atoms with Crippen molar-refractivity contribution in [2.75, 3.05) is 6.54 Å². The summed E-state index contributed by atoms with van der Waals surface area (Å²) in [7, 11) is 0. The van der Waals surface area contributed by atoms with Crippen LogP contribution in [-0.4, -0.2) is 36.9 Å². The molecule has 1 N–H and O–H groups in total. The normalized spacial score (nSPS) is 10.6. The highest BCUT2D eigenvalue weighted by Gasteiger charge is 2.11. The molecular weight excluding hydrogens is 288 g/mol. The molecule has 0 aliphatic carbocycles. The lowest BCUT2D eigenvalue weighted by molar-refractivity contribution is -0.389. The Balaban J connectivity index is 1.62. The monoisotopic (exact) mass is 306 g/mol. The molecule has 0 aliphatic heterocycles. The zero-order valence-electron chi connectivity index (χ0n) is 12.3. The molecule has 2 aromatic heterocycles. The van der Waals surface area contributed by atoms with E-state index in [1.54, 1.807) is 6.20 Å². The fraction of sp³-hybridized carbons (Fsp3) is 0.462. The first-order valence-corrected chi connectivity index (χ1v) is 6.98. The molecule has 0 fully saturated rings. The van der Waals surface area contributed by atoms with Crippen molar-refractivity contribution in [2.24, 2.45) is 0 Å². The first-order chi connectivity index (χ1) is 10.5. The largest absolute Gasteiger partial charge is 0.389 e.